The molecule has 31 heavy (non-hydrogen) atoms. The molecule has 0 saturated heterocycles. The summed E-state index contributed by atoms with van der Waals surface area (Å²) in [6.45, 7) is 0. The van der Waals surface area contributed by atoms with Crippen LogP contribution in [-0.2, 0) is 4.79 Å². The minimum absolute atomic E-state index is 0.118. The van der Waals surface area contributed by atoms with Crippen molar-refractivity contribution in [1.82, 2.24) is 0 Å². The third kappa shape index (κ3) is 4.60. The van der Waals surface area contributed by atoms with Gasteiger partial charge in [0.2, 0.25) is 5.91 Å². The molecule has 1 amide bonds. The topological polar surface area (TPSA) is 70.0 Å². The number of anilines is 1. The zero-order valence-electron chi connectivity index (χ0n) is 15.9. The molecule has 2 aromatic rings. The molecule has 1 N–H and O–H groups in total. The van der Waals surface area contributed by atoms with Crippen LogP contribution in [0.2, 0.25) is 15.1 Å². The summed E-state index contributed by atoms with van der Waals surface area (Å²) in [5, 5.41) is 13.2. The van der Waals surface area contributed by atoms with Crippen molar-refractivity contribution in [3.8, 4) is 6.07 Å². The van der Waals surface area contributed by atoms with Gasteiger partial charge in [-0.25, -0.2) is 0 Å². The fraction of sp³-hybridized carbons (Fsp3) is 0.318. The first-order valence-electron chi connectivity index (χ1n) is 9.45. The van der Waals surface area contributed by atoms with E-state index in [-0.39, 0.29) is 34.6 Å². The van der Waals surface area contributed by atoms with E-state index in [0.717, 1.165) is 5.56 Å². The van der Waals surface area contributed by atoms with Crippen LogP contribution in [0.1, 0.15) is 41.1 Å². The highest BCUT2D eigenvalue weighted by Gasteiger charge is 2.67. The van der Waals surface area contributed by atoms with Crippen molar-refractivity contribution in [2.24, 2.45) is 11.3 Å². The normalized spacial score (nSPS) is 25.4. The predicted octanol–water partition coefficient (Wildman–Crippen LogP) is 7.21. The lowest BCUT2D eigenvalue weighted by Gasteiger charge is -2.10. The maximum Gasteiger partial charge on any atom is 0.230 e. The molecule has 0 aliphatic heterocycles. The Kier molecular flexibility index (Phi) is 6.09. The lowest BCUT2D eigenvalue weighted by Crippen LogP contribution is -2.17. The van der Waals surface area contributed by atoms with Crippen molar-refractivity contribution < 1.29 is 9.59 Å². The Morgan fingerprint density at radius 2 is 1.77 bits per heavy atom. The summed E-state index contributed by atoms with van der Waals surface area (Å²) in [7, 11) is 0. The average Bonchev–Trinajstić information content (AvgIpc) is 3.57. The number of nitrogens with zero attached hydrogens (tertiary/aromatic N) is 1. The highest BCUT2D eigenvalue weighted by atomic mass is 79.9. The van der Waals surface area contributed by atoms with Crippen LogP contribution >= 0.6 is 62.3 Å². The van der Waals surface area contributed by atoms with E-state index >= 15 is 0 Å². The number of carbonyl (C=O) groups excluding carboxylic acids is 2. The van der Waals surface area contributed by atoms with Gasteiger partial charge in [0.05, 0.1) is 22.4 Å². The molecule has 2 aliphatic carbocycles. The number of halogens is 5. The molecule has 3 unspecified atom stereocenters. The quantitative estimate of drug-likeness (QED) is 0.300. The van der Waals surface area contributed by atoms with Crippen LogP contribution < -0.4 is 5.32 Å². The summed E-state index contributed by atoms with van der Waals surface area (Å²) in [6, 6.07) is 12.0. The van der Waals surface area contributed by atoms with Crippen molar-refractivity contribution in [3.05, 3.63) is 62.6 Å². The fourth-order valence-corrected chi connectivity index (χ4v) is 5.79. The fourth-order valence-electron chi connectivity index (χ4n) is 3.74. The molecule has 0 heterocycles. The van der Waals surface area contributed by atoms with Crippen LogP contribution in [0.25, 0.3) is 0 Å². The van der Waals surface area contributed by atoms with Gasteiger partial charge >= 0.3 is 0 Å². The molecule has 0 bridgehead atoms. The van der Waals surface area contributed by atoms with Crippen molar-refractivity contribution in [3.63, 3.8) is 0 Å². The van der Waals surface area contributed by atoms with Crippen LogP contribution in [0.15, 0.2) is 36.4 Å². The Morgan fingerprint density at radius 3 is 2.35 bits per heavy atom. The summed E-state index contributed by atoms with van der Waals surface area (Å²) in [5.41, 5.74) is 0.885. The Hall–Kier alpha value is -1.29. The van der Waals surface area contributed by atoms with Gasteiger partial charge < -0.3 is 5.32 Å². The van der Waals surface area contributed by atoms with Crippen molar-refractivity contribution in [1.29, 1.82) is 5.26 Å². The number of alkyl halides is 2. The molecular formula is C22H15BrCl4N2O2. The minimum atomic E-state index is -0.971. The molecular weight excluding hydrogens is 546 g/mol. The van der Waals surface area contributed by atoms with E-state index in [1.54, 1.807) is 30.3 Å². The third-order valence-corrected chi connectivity index (χ3v) is 7.93. The molecule has 0 radical (unpaired) electrons. The number of carbonyl (C=O) groups is 2. The number of amides is 1. The maximum absolute atomic E-state index is 12.9. The van der Waals surface area contributed by atoms with E-state index in [1.807, 2.05) is 0 Å². The highest BCUT2D eigenvalue weighted by Crippen LogP contribution is 2.66. The number of nitrogens with one attached hydrogen (secondary N) is 1. The number of ketones is 1. The molecule has 0 spiro atoms. The molecule has 2 saturated carbocycles. The minimum Gasteiger partial charge on any atom is -0.326 e. The molecule has 0 aromatic heterocycles. The van der Waals surface area contributed by atoms with E-state index in [0.29, 0.717) is 28.6 Å². The largest absolute Gasteiger partial charge is 0.326 e. The van der Waals surface area contributed by atoms with Crippen LogP contribution in [0.3, 0.4) is 0 Å². The number of hydrogen-bond acceptors (Lipinski definition) is 3. The molecule has 2 aromatic carbocycles. The first-order chi connectivity index (χ1) is 14.6. The summed E-state index contributed by atoms with van der Waals surface area (Å²) < 4.78 is -0.971. The standard InChI is InChI=1S/C22H15BrCl4N2O2/c23-22(27)18(11-5-12(24)7-13(25)6-11)19(22)20(31)29-14-1-2-16(26)15(8-14)17(30)9-21(10-28)3-4-21/h1-2,5-8,18-19H,3-4,9H2,(H,29,31). The van der Waals surface area contributed by atoms with E-state index < -0.39 is 15.1 Å². The molecule has 2 fully saturated rings. The van der Waals surface area contributed by atoms with E-state index in [2.05, 4.69) is 27.3 Å². The van der Waals surface area contributed by atoms with Gasteiger partial charge in [-0.05, 0) is 54.8 Å². The van der Waals surface area contributed by atoms with Crippen molar-refractivity contribution in [2.45, 2.75) is 29.0 Å². The van der Waals surface area contributed by atoms with E-state index in [1.165, 1.54) is 6.07 Å². The number of benzene rings is 2. The summed E-state index contributed by atoms with van der Waals surface area (Å²) in [4.78, 5) is 25.6. The van der Waals surface area contributed by atoms with Gasteiger partial charge in [0.15, 0.2) is 5.78 Å². The molecule has 160 valence electrons. The van der Waals surface area contributed by atoms with Gasteiger partial charge in [-0.1, -0.05) is 50.7 Å². The zero-order chi connectivity index (χ0) is 22.6. The first-order valence-corrected chi connectivity index (χ1v) is 11.8. The Bertz CT molecular complexity index is 1120. The number of Topliss-reactive ketones (excluding diaryl/α,β-unsaturated/α-hetero) is 1. The van der Waals surface area contributed by atoms with Gasteiger partial charge in [0.25, 0.3) is 0 Å². The third-order valence-electron chi connectivity index (χ3n) is 5.70. The Labute approximate surface area is 207 Å². The maximum atomic E-state index is 12.9. The van der Waals surface area contributed by atoms with E-state index in [9.17, 15) is 14.9 Å². The molecule has 3 atom stereocenters. The van der Waals surface area contributed by atoms with Crippen LogP contribution in [0.5, 0.6) is 0 Å². The number of nitriles is 1. The van der Waals surface area contributed by atoms with Gasteiger partial charge in [-0.15, -0.1) is 11.6 Å². The van der Waals surface area contributed by atoms with Gasteiger partial charge in [-0.2, -0.15) is 5.26 Å². The van der Waals surface area contributed by atoms with Crippen molar-refractivity contribution >= 4 is 79.7 Å². The molecule has 9 heteroatoms. The van der Waals surface area contributed by atoms with Gasteiger partial charge in [-0.3, -0.25) is 9.59 Å². The summed E-state index contributed by atoms with van der Waals surface area (Å²) in [5.74, 6) is -1.44. The summed E-state index contributed by atoms with van der Waals surface area (Å²) >= 11 is 28.3. The van der Waals surface area contributed by atoms with Crippen molar-refractivity contribution in [2.75, 3.05) is 5.32 Å². The second-order valence-electron chi connectivity index (χ2n) is 8.01. The smallest absolute Gasteiger partial charge is 0.230 e. The second kappa shape index (κ2) is 8.24. The number of hydrogen-bond donors (Lipinski definition) is 1. The Balaban J connectivity index is 1.51. The molecule has 2 aliphatic rings. The van der Waals surface area contributed by atoms with Crippen LogP contribution in [-0.4, -0.2) is 15.5 Å². The number of rotatable bonds is 6. The average molecular weight is 561 g/mol. The SMILES string of the molecule is N#CC1(CC(=O)c2cc(NC(=O)C3C(c4cc(Cl)cc(Cl)c4)C3(Cl)Br)ccc2Cl)CC1. The molecule has 4 nitrogen and oxygen atoms in total. The Morgan fingerprint density at radius 1 is 1.13 bits per heavy atom. The van der Waals surface area contributed by atoms with E-state index in [4.69, 9.17) is 46.4 Å². The van der Waals surface area contributed by atoms with Crippen LogP contribution in [0, 0.1) is 22.7 Å². The van der Waals surface area contributed by atoms with Gasteiger partial charge in [0, 0.05) is 33.6 Å². The first kappa shape index (κ1) is 22.9. The zero-order valence-corrected chi connectivity index (χ0v) is 20.5. The summed E-state index contributed by atoms with van der Waals surface area (Å²) in [6.07, 6.45) is 1.54. The highest BCUT2D eigenvalue weighted by molar-refractivity contribution is 9.10. The lowest BCUT2D eigenvalue weighted by molar-refractivity contribution is -0.117. The predicted molar refractivity (Wildman–Crippen MR) is 127 cm³/mol. The lowest BCUT2D eigenvalue weighted by atomic mass is 9.96. The molecule has 4 rings (SSSR count). The monoisotopic (exact) mass is 558 g/mol. The van der Waals surface area contributed by atoms with Crippen LogP contribution in [0.4, 0.5) is 5.69 Å². The van der Waals surface area contributed by atoms with Gasteiger partial charge in [0.1, 0.15) is 3.78 Å². The second-order valence-corrected chi connectivity index (χ2v) is 11.7.